The van der Waals surface area contributed by atoms with E-state index in [4.69, 9.17) is 0 Å². The Hall–Kier alpha value is -0.630. The van der Waals surface area contributed by atoms with E-state index in [2.05, 4.69) is 6.58 Å². The molecule has 12 heavy (non-hydrogen) atoms. The van der Waals surface area contributed by atoms with Crippen molar-refractivity contribution in [1.82, 2.24) is 0 Å². The van der Waals surface area contributed by atoms with Crippen molar-refractivity contribution in [3.63, 3.8) is 0 Å². The number of carbonyl (C=O) groups is 1. The van der Waals surface area contributed by atoms with Crippen LogP contribution in [0.4, 0.5) is 0 Å². The third kappa shape index (κ3) is 2.78. The molecule has 0 fully saturated rings. The number of carbonyl (C=O) groups excluding carboxylic acids is 1. The van der Waals surface area contributed by atoms with Crippen LogP contribution in [-0.2, 0) is 4.79 Å². The lowest BCUT2D eigenvalue weighted by molar-refractivity contribution is -0.124. The molecule has 0 aromatic heterocycles. The molecule has 0 spiro atoms. The average Bonchev–Trinajstić information content (AvgIpc) is 2.12. The molecule has 0 aromatic carbocycles. The topological polar surface area (TPSA) is 37.3 Å². The smallest absolute Gasteiger partial charge is 0.138 e. The van der Waals surface area contributed by atoms with E-state index in [1.165, 1.54) is 0 Å². The molecule has 0 bridgehead atoms. The molecule has 0 amide bonds. The van der Waals surface area contributed by atoms with Gasteiger partial charge in [0.15, 0.2) is 0 Å². The summed E-state index contributed by atoms with van der Waals surface area (Å²) in [4.78, 5) is 11.2. The van der Waals surface area contributed by atoms with Crippen molar-refractivity contribution in [2.24, 2.45) is 5.92 Å². The molecule has 0 saturated heterocycles. The molecule has 0 aliphatic carbocycles. The molecule has 2 heteroatoms. The summed E-state index contributed by atoms with van der Waals surface area (Å²) in [7, 11) is 0. The van der Waals surface area contributed by atoms with E-state index in [9.17, 15) is 9.90 Å². The Bertz CT molecular complexity index is 153. The normalized spacial score (nSPS) is 15.3. The molecule has 0 unspecified atom stereocenters. The Labute approximate surface area is 74.3 Å². The number of hydrogen-bond donors (Lipinski definition) is 1. The minimum atomic E-state index is -0.664. The van der Waals surface area contributed by atoms with Gasteiger partial charge in [0, 0.05) is 12.3 Å². The zero-order valence-corrected chi connectivity index (χ0v) is 8.13. The molecule has 70 valence electrons. The third-order valence-corrected chi connectivity index (χ3v) is 2.20. The zero-order chi connectivity index (χ0) is 9.72. The first-order chi connectivity index (χ1) is 5.54. The molecular weight excluding hydrogens is 152 g/mol. The van der Waals surface area contributed by atoms with Crippen molar-refractivity contribution < 1.29 is 9.90 Å². The fraction of sp³-hybridized carbons (Fsp3) is 0.700. The standard InChI is InChI=1S/C10H18O2/c1-5-7(3)10(12)8(4)9(11)6-2/h8,10,12H,3,5-6H2,1-2,4H3/t8-,10-/m1/s1. The Balaban J connectivity index is 4.18. The van der Waals surface area contributed by atoms with Crippen molar-refractivity contribution >= 4 is 5.78 Å². The van der Waals surface area contributed by atoms with Crippen LogP contribution in [0.25, 0.3) is 0 Å². The van der Waals surface area contributed by atoms with Crippen molar-refractivity contribution in [2.45, 2.75) is 39.7 Å². The molecule has 0 aromatic rings. The van der Waals surface area contributed by atoms with Crippen molar-refractivity contribution in [1.29, 1.82) is 0 Å². The average molecular weight is 170 g/mol. The highest BCUT2D eigenvalue weighted by Crippen LogP contribution is 2.15. The number of ketones is 1. The highest BCUT2D eigenvalue weighted by Gasteiger charge is 2.21. The first kappa shape index (κ1) is 11.4. The predicted molar refractivity (Wildman–Crippen MR) is 49.9 cm³/mol. The summed E-state index contributed by atoms with van der Waals surface area (Å²) in [6.45, 7) is 9.19. The van der Waals surface area contributed by atoms with Crippen molar-refractivity contribution in [3.05, 3.63) is 12.2 Å². The Kier molecular flexibility index (Phi) is 4.83. The molecule has 0 saturated carbocycles. The molecule has 0 rings (SSSR count). The van der Waals surface area contributed by atoms with Gasteiger partial charge in [-0.1, -0.05) is 27.4 Å². The lowest BCUT2D eigenvalue weighted by Gasteiger charge is -2.18. The molecule has 2 atom stereocenters. The second-order valence-electron chi connectivity index (χ2n) is 3.07. The van der Waals surface area contributed by atoms with Gasteiger partial charge in [-0.05, 0) is 12.0 Å². The van der Waals surface area contributed by atoms with Crippen LogP contribution in [0.2, 0.25) is 0 Å². The van der Waals surface area contributed by atoms with E-state index in [0.29, 0.717) is 6.42 Å². The highest BCUT2D eigenvalue weighted by atomic mass is 16.3. The summed E-state index contributed by atoms with van der Waals surface area (Å²) in [5.41, 5.74) is 0.740. The van der Waals surface area contributed by atoms with Crippen LogP contribution in [0.15, 0.2) is 12.2 Å². The van der Waals surface area contributed by atoms with Gasteiger partial charge in [0.25, 0.3) is 0 Å². The van der Waals surface area contributed by atoms with E-state index in [-0.39, 0.29) is 11.7 Å². The first-order valence-corrected chi connectivity index (χ1v) is 4.43. The molecule has 0 aliphatic heterocycles. The molecule has 1 N–H and O–H groups in total. The summed E-state index contributed by atoms with van der Waals surface area (Å²) >= 11 is 0. The number of Topliss-reactive ketones (excluding diaryl/α,β-unsaturated/α-hetero) is 1. The van der Waals surface area contributed by atoms with Gasteiger partial charge in [-0.2, -0.15) is 0 Å². The van der Waals surface area contributed by atoms with Crippen LogP contribution in [0.1, 0.15) is 33.6 Å². The summed E-state index contributed by atoms with van der Waals surface area (Å²) in [5, 5.41) is 9.57. The molecular formula is C10H18O2. The summed E-state index contributed by atoms with van der Waals surface area (Å²) in [6.07, 6.45) is 0.542. The Morgan fingerprint density at radius 3 is 2.25 bits per heavy atom. The monoisotopic (exact) mass is 170 g/mol. The van der Waals surface area contributed by atoms with E-state index >= 15 is 0 Å². The maximum atomic E-state index is 11.2. The van der Waals surface area contributed by atoms with Crippen LogP contribution in [0.3, 0.4) is 0 Å². The minimum Gasteiger partial charge on any atom is -0.388 e. The van der Waals surface area contributed by atoms with E-state index in [1.54, 1.807) is 13.8 Å². The summed E-state index contributed by atoms with van der Waals surface area (Å²) in [5.74, 6) is -0.209. The fourth-order valence-corrected chi connectivity index (χ4v) is 1.06. The lowest BCUT2D eigenvalue weighted by atomic mass is 9.92. The zero-order valence-electron chi connectivity index (χ0n) is 8.13. The van der Waals surface area contributed by atoms with Gasteiger partial charge in [-0.3, -0.25) is 4.79 Å². The second-order valence-corrected chi connectivity index (χ2v) is 3.07. The van der Waals surface area contributed by atoms with E-state index in [1.807, 2.05) is 6.92 Å². The molecule has 0 radical (unpaired) electrons. The second kappa shape index (κ2) is 5.09. The first-order valence-electron chi connectivity index (χ1n) is 4.43. The van der Waals surface area contributed by atoms with Crippen LogP contribution >= 0.6 is 0 Å². The molecule has 0 heterocycles. The quantitative estimate of drug-likeness (QED) is 0.640. The van der Waals surface area contributed by atoms with Gasteiger partial charge >= 0.3 is 0 Å². The van der Waals surface area contributed by atoms with Crippen molar-refractivity contribution in [3.8, 4) is 0 Å². The van der Waals surface area contributed by atoms with Gasteiger partial charge in [0.1, 0.15) is 5.78 Å². The van der Waals surface area contributed by atoms with Crippen molar-refractivity contribution in [2.75, 3.05) is 0 Å². The number of rotatable bonds is 5. The SMILES string of the molecule is C=C(CC)[C@@H](O)[C@H](C)C(=O)CC. The highest BCUT2D eigenvalue weighted by molar-refractivity contribution is 5.81. The van der Waals surface area contributed by atoms with Crippen LogP contribution < -0.4 is 0 Å². The summed E-state index contributed by atoms with van der Waals surface area (Å²) in [6, 6.07) is 0. The van der Waals surface area contributed by atoms with E-state index in [0.717, 1.165) is 12.0 Å². The van der Waals surface area contributed by atoms with Gasteiger partial charge in [-0.25, -0.2) is 0 Å². The van der Waals surface area contributed by atoms with Crippen LogP contribution in [0.5, 0.6) is 0 Å². The Morgan fingerprint density at radius 1 is 1.42 bits per heavy atom. The maximum Gasteiger partial charge on any atom is 0.138 e. The van der Waals surface area contributed by atoms with Gasteiger partial charge in [-0.15, -0.1) is 0 Å². The summed E-state index contributed by atoms with van der Waals surface area (Å²) < 4.78 is 0. The lowest BCUT2D eigenvalue weighted by Crippen LogP contribution is -2.26. The van der Waals surface area contributed by atoms with Gasteiger partial charge in [0.05, 0.1) is 6.10 Å². The van der Waals surface area contributed by atoms with Gasteiger partial charge in [0.2, 0.25) is 0 Å². The number of hydrogen-bond acceptors (Lipinski definition) is 2. The molecule has 0 aliphatic rings. The maximum absolute atomic E-state index is 11.2. The fourth-order valence-electron chi connectivity index (χ4n) is 1.06. The van der Waals surface area contributed by atoms with Gasteiger partial charge < -0.3 is 5.11 Å². The minimum absolute atomic E-state index is 0.0945. The third-order valence-electron chi connectivity index (χ3n) is 2.20. The number of aliphatic hydroxyl groups excluding tert-OH is 1. The molecule has 2 nitrogen and oxygen atoms in total. The van der Waals surface area contributed by atoms with Crippen LogP contribution in [0, 0.1) is 5.92 Å². The largest absolute Gasteiger partial charge is 0.388 e. The Morgan fingerprint density at radius 2 is 1.92 bits per heavy atom. The van der Waals surface area contributed by atoms with Crippen LogP contribution in [-0.4, -0.2) is 17.0 Å². The number of aliphatic hydroxyl groups is 1. The van der Waals surface area contributed by atoms with E-state index < -0.39 is 6.10 Å². The predicted octanol–water partition coefficient (Wildman–Crippen LogP) is 1.93.